The van der Waals surface area contributed by atoms with Gasteiger partial charge in [-0.15, -0.1) is 0 Å². The van der Waals surface area contributed by atoms with E-state index in [4.69, 9.17) is 0 Å². The molecule has 0 spiro atoms. The first-order valence-corrected chi connectivity index (χ1v) is 8.83. The fourth-order valence-corrected chi connectivity index (χ4v) is 4.47. The minimum absolute atomic E-state index is 0.0125. The van der Waals surface area contributed by atoms with Crippen LogP contribution >= 0.6 is 0 Å². The summed E-state index contributed by atoms with van der Waals surface area (Å²) in [7, 11) is 0. The van der Waals surface area contributed by atoms with Crippen LogP contribution in [0.4, 0.5) is 0 Å². The molecule has 5 rings (SSSR count). The van der Waals surface area contributed by atoms with Crippen LogP contribution < -0.4 is 5.56 Å². The second-order valence-electron chi connectivity index (χ2n) is 6.87. The van der Waals surface area contributed by atoms with E-state index in [2.05, 4.69) is 40.2 Å². The van der Waals surface area contributed by atoms with Crippen molar-refractivity contribution in [1.82, 2.24) is 9.88 Å². The van der Waals surface area contributed by atoms with Gasteiger partial charge in [-0.1, -0.05) is 48.9 Å². The number of hydrogen-bond acceptors (Lipinski definition) is 2. The van der Waals surface area contributed by atoms with E-state index in [1.165, 1.54) is 36.0 Å². The summed E-state index contributed by atoms with van der Waals surface area (Å²) in [5, 5.41) is 1.90. The van der Waals surface area contributed by atoms with E-state index < -0.39 is 0 Å². The predicted molar refractivity (Wildman–Crippen MR) is 97.3 cm³/mol. The summed E-state index contributed by atoms with van der Waals surface area (Å²) < 4.78 is 0. The van der Waals surface area contributed by atoms with Gasteiger partial charge >= 0.3 is 0 Å². The maximum absolute atomic E-state index is 12.6. The summed E-state index contributed by atoms with van der Waals surface area (Å²) in [5.74, 6) is 0. The molecule has 1 fully saturated rings. The maximum atomic E-state index is 12.6. The van der Waals surface area contributed by atoms with Crippen molar-refractivity contribution in [2.45, 2.75) is 25.3 Å². The number of aromatic amines is 1. The molecule has 1 aliphatic heterocycles. The van der Waals surface area contributed by atoms with Gasteiger partial charge < -0.3 is 4.98 Å². The van der Waals surface area contributed by atoms with E-state index in [1.54, 1.807) is 0 Å². The van der Waals surface area contributed by atoms with Gasteiger partial charge in [0.1, 0.15) is 0 Å². The molecule has 1 unspecified atom stereocenters. The first-order valence-electron chi connectivity index (χ1n) is 8.83. The Morgan fingerprint density at radius 2 is 1.58 bits per heavy atom. The standard InChI is InChI=1S/C21H20N2O/c24-21-17-11-5-2-8-14(17)18-19(22-21)15-9-3-4-10-16(15)20(18)23-12-6-1-7-13-23/h2-5,8-11,20H,1,6-7,12-13H2,(H,22,24). The Bertz CT molecular complexity index is 983. The first kappa shape index (κ1) is 14.0. The van der Waals surface area contributed by atoms with Crippen LogP contribution in [0.15, 0.2) is 53.3 Å². The first-order chi connectivity index (χ1) is 11.8. The lowest BCUT2D eigenvalue weighted by Gasteiger charge is -2.33. The summed E-state index contributed by atoms with van der Waals surface area (Å²) in [4.78, 5) is 18.3. The predicted octanol–water partition coefficient (Wildman–Crippen LogP) is 4.08. The van der Waals surface area contributed by atoms with Crippen LogP contribution in [0.25, 0.3) is 22.0 Å². The van der Waals surface area contributed by atoms with E-state index in [0.29, 0.717) is 0 Å². The third kappa shape index (κ3) is 1.91. The van der Waals surface area contributed by atoms with Crippen LogP contribution in [-0.4, -0.2) is 23.0 Å². The molecule has 0 amide bonds. The second-order valence-corrected chi connectivity index (χ2v) is 6.87. The van der Waals surface area contributed by atoms with Crippen molar-refractivity contribution in [2.75, 3.05) is 13.1 Å². The van der Waals surface area contributed by atoms with Gasteiger partial charge in [0.25, 0.3) is 5.56 Å². The van der Waals surface area contributed by atoms with E-state index >= 15 is 0 Å². The van der Waals surface area contributed by atoms with Crippen molar-refractivity contribution in [3.8, 4) is 11.3 Å². The van der Waals surface area contributed by atoms with Crippen molar-refractivity contribution < 1.29 is 0 Å². The van der Waals surface area contributed by atoms with Crippen LogP contribution in [0.5, 0.6) is 0 Å². The molecule has 1 aromatic heterocycles. The van der Waals surface area contributed by atoms with Crippen LogP contribution in [0, 0.1) is 0 Å². The van der Waals surface area contributed by atoms with Crippen molar-refractivity contribution >= 4 is 10.8 Å². The minimum Gasteiger partial charge on any atom is -0.321 e. The third-order valence-corrected chi connectivity index (χ3v) is 5.52. The highest BCUT2D eigenvalue weighted by Crippen LogP contribution is 2.47. The lowest BCUT2D eigenvalue weighted by atomic mass is 9.97. The number of nitrogens with one attached hydrogen (secondary N) is 1. The highest BCUT2D eigenvalue weighted by Gasteiger charge is 2.35. The van der Waals surface area contributed by atoms with Crippen molar-refractivity contribution in [3.63, 3.8) is 0 Å². The zero-order chi connectivity index (χ0) is 16.1. The van der Waals surface area contributed by atoms with Gasteiger partial charge in [0.05, 0.1) is 11.7 Å². The molecule has 3 nitrogen and oxygen atoms in total. The average Bonchev–Trinajstić information content (AvgIpc) is 2.97. The molecule has 0 saturated carbocycles. The fourth-order valence-electron chi connectivity index (χ4n) is 4.47. The Kier molecular flexibility index (Phi) is 3.10. The average molecular weight is 316 g/mol. The lowest BCUT2D eigenvalue weighted by molar-refractivity contribution is 0.191. The zero-order valence-electron chi connectivity index (χ0n) is 13.6. The van der Waals surface area contributed by atoms with Crippen LogP contribution in [0.3, 0.4) is 0 Å². The second kappa shape index (κ2) is 5.32. The molecule has 1 saturated heterocycles. The molecule has 1 atom stereocenters. The van der Waals surface area contributed by atoms with Crippen molar-refractivity contribution in [3.05, 3.63) is 70.0 Å². The van der Waals surface area contributed by atoms with Crippen LogP contribution in [-0.2, 0) is 0 Å². The monoisotopic (exact) mass is 316 g/mol. The Hall–Kier alpha value is -2.39. The van der Waals surface area contributed by atoms with Gasteiger partial charge in [0.2, 0.25) is 0 Å². The van der Waals surface area contributed by atoms with E-state index in [9.17, 15) is 4.79 Å². The quantitative estimate of drug-likeness (QED) is 0.734. The van der Waals surface area contributed by atoms with Gasteiger partial charge in [0.15, 0.2) is 0 Å². The zero-order valence-corrected chi connectivity index (χ0v) is 13.6. The van der Waals surface area contributed by atoms with Gasteiger partial charge in [-0.3, -0.25) is 9.69 Å². The molecule has 3 aromatic rings. The number of likely N-dealkylation sites (tertiary alicyclic amines) is 1. The van der Waals surface area contributed by atoms with E-state index in [-0.39, 0.29) is 11.6 Å². The van der Waals surface area contributed by atoms with Crippen LogP contribution in [0.2, 0.25) is 0 Å². The smallest absolute Gasteiger partial charge is 0.256 e. The summed E-state index contributed by atoms with van der Waals surface area (Å²) in [5.41, 5.74) is 4.84. The van der Waals surface area contributed by atoms with Gasteiger partial charge in [-0.25, -0.2) is 0 Å². The van der Waals surface area contributed by atoms with Crippen molar-refractivity contribution in [2.24, 2.45) is 0 Å². The number of fused-ring (bicyclic) bond motifs is 5. The molecule has 3 heteroatoms. The molecule has 2 aliphatic rings. The van der Waals surface area contributed by atoms with E-state index in [1.807, 2.05) is 18.2 Å². The Morgan fingerprint density at radius 1 is 0.875 bits per heavy atom. The summed E-state index contributed by atoms with van der Waals surface area (Å²) in [6.07, 6.45) is 3.84. The molecular weight excluding hydrogens is 296 g/mol. The number of H-pyrrole nitrogens is 1. The van der Waals surface area contributed by atoms with Gasteiger partial charge in [-0.2, -0.15) is 0 Å². The third-order valence-electron chi connectivity index (χ3n) is 5.52. The number of aromatic nitrogens is 1. The Morgan fingerprint density at radius 3 is 2.42 bits per heavy atom. The number of piperidine rings is 1. The molecule has 24 heavy (non-hydrogen) atoms. The number of rotatable bonds is 1. The Balaban J connectivity index is 1.84. The topological polar surface area (TPSA) is 36.1 Å². The Labute approximate surface area is 140 Å². The minimum atomic E-state index is 0.0125. The molecular formula is C21H20N2O. The summed E-state index contributed by atoms with van der Waals surface area (Å²) in [6, 6.07) is 16.8. The van der Waals surface area contributed by atoms with E-state index in [0.717, 1.165) is 29.6 Å². The molecule has 1 aliphatic carbocycles. The van der Waals surface area contributed by atoms with Crippen molar-refractivity contribution in [1.29, 1.82) is 0 Å². The normalized spacial score (nSPS) is 20.1. The number of nitrogens with zero attached hydrogens (tertiary/aromatic N) is 1. The highest BCUT2D eigenvalue weighted by molar-refractivity contribution is 5.93. The largest absolute Gasteiger partial charge is 0.321 e. The highest BCUT2D eigenvalue weighted by atomic mass is 16.1. The SMILES string of the molecule is O=c1[nH]c2c(c3ccccc13)C(N1CCCCC1)c1ccccc1-2. The molecule has 0 radical (unpaired) electrons. The molecule has 0 bridgehead atoms. The number of pyridine rings is 1. The van der Waals surface area contributed by atoms with Crippen LogP contribution in [0.1, 0.15) is 36.4 Å². The van der Waals surface area contributed by atoms with Gasteiger partial charge in [0, 0.05) is 16.5 Å². The lowest BCUT2D eigenvalue weighted by Crippen LogP contribution is -2.33. The number of benzene rings is 2. The molecule has 2 aromatic carbocycles. The van der Waals surface area contributed by atoms with Gasteiger partial charge in [-0.05, 0) is 42.9 Å². The number of hydrogen-bond donors (Lipinski definition) is 1. The molecule has 1 N–H and O–H groups in total. The molecule has 2 heterocycles. The summed E-state index contributed by atoms with van der Waals surface area (Å²) >= 11 is 0. The molecule has 120 valence electrons. The fraction of sp³-hybridized carbons (Fsp3) is 0.286. The summed E-state index contributed by atoms with van der Waals surface area (Å²) in [6.45, 7) is 2.26. The maximum Gasteiger partial charge on any atom is 0.256 e.